The zero-order valence-corrected chi connectivity index (χ0v) is 6.05. The first-order chi connectivity index (χ1) is 4.20. The maximum Gasteiger partial charge on any atom is 0.275 e. The molecule has 1 aromatic heterocycles. The first kappa shape index (κ1) is 6.57. The van der Waals surface area contributed by atoms with E-state index < -0.39 is 0 Å². The average molecular weight is 160 g/mol. The maximum absolute atomic E-state index is 10.6. The summed E-state index contributed by atoms with van der Waals surface area (Å²) in [5.41, 5.74) is -0.257. The topological polar surface area (TPSA) is 48.6 Å². The molecule has 9 heavy (non-hydrogen) atoms. The third kappa shape index (κ3) is 1.43. The molecule has 0 amide bonds. The molecule has 0 aromatic carbocycles. The Kier molecular flexibility index (Phi) is 1.73. The maximum atomic E-state index is 10.6. The molecule has 0 spiro atoms. The SMILES string of the molecule is O=c1[nH][nH]c(=S)cc1S. The minimum Gasteiger partial charge on any atom is -0.288 e. The molecule has 0 atom stereocenters. The summed E-state index contributed by atoms with van der Waals surface area (Å²) in [6, 6.07) is 1.48. The third-order valence-corrected chi connectivity index (χ3v) is 1.35. The Morgan fingerprint density at radius 1 is 1.56 bits per heavy atom. The number of hydrogen-bond acceptors (Lipinski definition) is 3. The quantitative estimate of drug-likeness (QED) is 0.387. The lowest BCUT2D eigenvalue weighted by Gasteiger charge is -1.85. The molecule has 0 radical (unpaired) electrons. The summed E-state index contributed by atoms with van der Waals surface area (Å²) in [4.78, 5) is 10.9. The minimum atomic E-state index is -0.257. The van der Waals surface area contributed by atoms with Crippen molar-refractivity contribution in [3.05, 3.63) is 21.1 Å². The predicted molar refractivity (Wildman–Crippen MR) is 39.5 cm³/mol. The van der Waals surface area contributed by atoms with Crippen LogP contribution in [0.3, 0.4) is 0 Å². The van der Waals surface area contributed by atoms with Crippen molar-refractivity contribution in [2.24, 2.45) is 0 Å². The van der Waals surface area contributed by atoms with Gasteiger partial charge in [0.1, 0.15) is 4.64 Å². The Balaban J connectivity index is 3.52. The standard InChI is InChI=1S/C4H4N2OS2/c7-4-2(8)1-3(9)5-6-4/h1H,(H,6,7)(H2,5,8,9). The van der Waals surface area contributed by atoms with Crippen LogP contribution < -0.4 is 5.56 Å². The summed E-state index contributed by atoms with van der Waals surface area (Å²) < 4.78 is 0.472. The minimum absolute atomic E-state index is 0.257. The molecule has 0 saturated carbocycles. The molecule has 2 N–H and O–H groups in total. The fourth-order valence-corrected chi connectivity index (χ4v) is 0.849. The number of rotatable bonds is 0. The number of aromatic nitrogens is 2. The van der Waals surface area contributed by atoms with E-state index in [-0.39, 0.29) is 5.56 Å². The van der Waals surface area contributed by atoms with E-state index in [1.807, 2.05) is 0 Å². The molecular formula is C4H4N2OS2. The number of thiol groups is 1. The van der Waals surface area contributed by atoms with E-state index >= 15 is 0 Å². The van der Waals surface area contributed by atoms with Crippen LogP contribution in [-0.2, 0) is 0 Å². The van der Waals surface area contributed by atoms with Crippen LogP contribution in [0.1, 0.15) is 0 Å². The molecule has 0 aliphatic heterocycles. The van der Waals surface area contributed by atoms with Crippen LogP contribution in [0.2, 0.25) is 0 Å². The van der Waals surface area contributed by atoms with Crippen LogP contribution in [-0.4, -0.2) is 10.2 Å². The van der Waals surface area contributed by atoms with Gasteiger partial charge in [-0.15, -0.1) is 12.6 Å². The fourth-order valence-electron chi connectivity index (χ4n) is 0.408. The van der Waals surface area contributed by atoms with Gasteiger partial charge in [0.15, 0.2) is 0 Å². The van der Waals surface area contributed by atoms with Gasteiger partial charge in [-0.2, -0.15) is 0 Å². The van der Waals surface area contributed by atoms with Crippen LogP contribution >= 0.6 is 24.8 Å². The van der Waals surface area contributed by atoms with Gasteiger partial charge in [-0.1, -0.05) is 12.2 Å². The molecular weight excluding hydrogens is 156 g/mol. The molecule has 0 fully saturated rings. The van der Waals surface area contributed by atoms with Crippen LogP contribution in [0.4, 0.5) is 0 Å². The van der Waals surface area contributed by atoms with Crippen molar-refractivity contribution in [1.29, 1.82) is 0 Å². The van der Waals surface area contributed by atoms with Gasteiger partial charge in [0, 0.05) is 0 Å². The van der Waals surface area contributed by atoms with Crippen molar-refractivity contribution in [3.8, 4) is 0 Å². The Morgan fingerprint density at radius 2 is 2.22 bits per heavy atom. The molecule has 48 valence electrons. The molecule has 0 saturated heterocycles. The molecule has 5 heteroatoms. The van der Waals surface area contributed by atoms with Gasteiger partial charge in [0.05, 0.1) is 4.90 Å². The number of nitrogens with one attached hydrogen (secondary N) is 2. The molecule has 3 nitrogen and oxygen atoms in total. The van der Waals surface area contributed by atoms with Crippen molar-refractivity contribution in [3.63, 3.8) is 0 Å². The fraction of sp³-hybridized carbons (Fsp3) is 0. The van der Waals surface area contributed by atoms with E-state index in [0.717, 1.165) is 0 Å². The smallest absolute Gasteiger partial charge is 0.275 e. The first-order valence-corrected chi connectivity index (χ1v) is 3.06. The zero-order chi connectivity index (χ0) is 6.85. The highest BCUT2D eigenvalue weighted by atomic mass is 32.1. The average Bonchev–Trinajstić information content (AvgIpc) is 1.80. The van der Waals surface area contributed by atoms with Gasteiger partial charge < -0.3 is 0 Å². The molecule has 1 aromatic rings. The van der Waals surface area contributed by atoms with Crippen LogP contribution in [0.25, 0.3) is 0 Å². The van der Waals surface area contributed by atoms with E-state index in [0.29, 0.717) is 9.54 Å². The van der Waals surface area contributed by atoms with Crippen molar-refractivity contribution in [1.82, 2.24) is 10.2 Å². The highest BCUT2D eigenvalue weighted by molar-refractivity contribution is 7.80. The van der Waals surface area contributed by atoms with E-state index in [9.17, 15) is 4.79 Å². The Bertz CT molecular complexity index is 313. The molecule has 0 aliphatic carbocycles. The van der Waals surface area contributed by atoms with Crippen LogP contribution in [0.5, 0.6) is 0 Å². The van der Waals surface area contributed by atoms with Crippen molar-refractivity contribution in [2.45, 2.75) is 4.90 Å². The van der Waals surface area contributed by atoms with E-state index in [1.54, 1.807) is 0 Å². The lowest BCUT2D eigenvalue weighted by atomic mass is 10.6. The summed E-state index contributed by atoms with van der Waals surface area (Å²) in [6.07, 6.45) is 0. The monoisotopic (exact) mass is 160 g/mol. The largest absolute Gasteiger partial charge is 0.288 e. The predicted octanol–water partition coefficient (Wildman–Crippen LogP) is 0.721. The van der Waals surface area contributed by atoms with E-state index in [1.165, 1.54) is 6.07 Å². The number of hydrogen-bond donors (Lipinski definition) is 3. The lowest BCUT2D eigenvalue weighted by Crippen LogP contribution is -2.07. The second-order valence-corrected chi connectivity index (χ2v) is 2.39. The number of H-pyrrole nitrogens is 2. The van der Waals surface area contributed by atoms with Gasteiger partial charge in [-0.05, 0) is 6.07 Å². The Morgan fingerprint density at radius 3 is 2.67 bits per heavy atom. The lowest BCUT2D eigenvalue weighted by molar-refractivity contribution is 0.936. The van der Waals surface area contributed by atoms with Crippen LogP contribution in [0, 0.1) is 4.64 Å². The zero-order valence-electron chi connectivity index (χ0n) is 4.34. The summed E-state index contributed by atoms with van der Waals surface area (Å²) in [7, 11) is 0. The summed E-state index contributed by atoms with van der Waals surface area (Å²) in [6.45, 7) is 0. The summed E-state index contributed by atoms with van der Waals surface area (Å²) in [5, 5.41) is 4.78. The van der Waals surface area contributed by atoms with E-state index in [4.69, 9.17) is 0 Å². The highest BCUT2D eigenvalue weighted by Gasteiger charge is 1.88. The van der Waals surface area contributed by atoms with Gasteiger partial charge in [0.2, 0.25) is 0 Å². The normalized spacial score (nSPS) is 9.44. The van der Waals surface area contributed by atoms with Crippen molar-refractivity contribution < 1.29 is 0 Å². The summed E-state index contributed by atoms with van der Waals surface area (Å²) in [5.74, 6) is 0. The molecule has 0 aliphatic rings. The molecule has 0 unspecified atom stereocenters. The second-order valence-electron chi connectivity index (χ2n) is 1.47. The Hall–Kier alpha value is -0.550. The van der Waals surface area contributed by atoms with Gasteiger partial charge in [-0.25, -0.2) is 0 Å². The molecule has 1 heterocycles. The van der Waals surface area contributed by atoms with Crippen molar-refractivity contribution in [2.75, 3.05) is 0 Å². The highest BCUT2D eigenvalue weighted by Crippen LogP contribution is 1.93. The van der Waals surface area contributed by atoms with E-state index in [2.05, 4.69) is 35.0 Å². The van der Waals surface area contributed by atoms with Crippen molar-refractivity contribution >= 4 is 24.8 Å². The second kappa shape index (κ2) is 2.36. The first-order valence-electron chi connectivity index (χ1n) is 2.21. The molecule has 0 bridgehead atoms. The van der Waals surface area contributed by atoms with Crippen LogP contribution in [0.15, 0.2) is 15.8 Å². The van der Waals surface area contributed by atoms with Gasteiger partial charge in [-0.3, -0.25) is 15.0 Å². The van der Waals surface area contributed by atoms with Gasteiger partial charge in [0.25, 0.3) is 5.56 Å². The number of aromatic amines is 2. The third-order valence-electron chi connectivity index (χ3n) is 0.800. The Labute approximate surface area is 61.5 Å². The summed E-state index contributed by atoms with van der Waals surface area (Å²) >= 11 is 8.52. The van der Waals surface area contributed by atoms with Gasteiger partial charge >= 0.3 is 0 Å². The molecule has 1 rings (SSSR count).